The Morgan fingerprint density at radius 3 is 2.44 bits per heavy atom. The molecular weight excluding hydrogens is 228 g/mol. The second-order valence-electron chi connectivity index (χ2n) is 4.60. The van der Waals surface area contributed by atoms with Crippen LogP contribution in [0.5, 0.6) is 5.75 Å². The number of amides is 1. The van der Waals surface area contributed by atoms with Crippen molar-refractivity contribution in [3.05, 3.63) is 29.8 Å². The van der Waals surface area contributed by atoms with Gasteiger partial charge in [-0.2, -0.15) is 0 Å². The summed E-state index contributed by atoms with van der Waals surface area (Å²) in [7, 11) is 1.82. The first-order valence-corrected chi connectivity index (χ1v) is 6.22. The Bertz CT molecular complexity index is 389. The fraction of sp³-hybridized carbons (Fsp3) is 0.500. The first-order valence-electron chi connectivity index (χ1n) is 6.22. The molecule has 0 saturated heterocycles. The van der Waals surface area contributed by atoms with Crippen molar-refractivity contribution >= 4 is 5.91 Å². The first kappa shape index (κ1) is 14.5. The molecule has 0 heterocycles. The van der Waals surface area contributed by atoms with Gasteiger partial charge in [0.1, 0.15) is 5.75 Å². The zero-order chi connectivity index (χ0) is 13.6. The molecule has 1 amide bonds. The molecule has 100 valence electrons. The van der Waals surface area contributed by atoms with Gasteiger partial charge in [-0.25, -0.2) is 0 Å². The Kier molecular flexibility index (Phi) is 5.16. The highest BCUT2D eigenvalue weighted by atomic mass is 16.5. The number of carbonyl (C=O) groups is 1. The molecule has 1 atom stereocenters. The van der Waals surface area contributed by atoms with E-state index in [0.29, 0.717) is 6.61 Å². The van der Waals surface area contributed by atoms with E-state index in [1.807, 2.05) is 38.2 Å². The van der Waals surface area contributed by atoms with E-state index in [1.165, 1.54) is 0 Å². The van der Waals surface area contributed by atoms with Crippen LogP contribution in [-0.4, -0.2) is 19.6 Å². The SMILES string of the molecule is CCCOc1ccc(C(C)(CC(N)=O)NC)cc1. The van der Waals surface area contributed by atoms with Crippen molar-refractivity contribution in [1.82, 2.24) is 5.32 Å². The van der Waals surface area contributed by atoms with Gasteiger partial charge in [0.2, 0.25) is 5.91 Å². The second-order valence-corrected chi connectivity index (χ2v) is 4.60. The van der Waals surface area contributed by atoms with E-state index in [9.17, 15) is 4.79 Å². The van der Waals surface area contributed by atoms with Crippen LogP contribution in [0.4, 0.5) is 0 Å². The van der Waals surface area contributed by atoms with Crippen LogP contribution in [0.2, 0.25) is 0 Å². The summed E-state index contributed by atoms with van der Waals surface area (Å²) in [5, 5.41) is 3.15. The Labute approximate surface area is 109 Å². The molecule has 0 aliphatic rings. The van der Waals surface area contributed by atoms with Gasteiger partial charge in [0.25, 0.3) is 0 Å². The summed E-state index contributed by atoms with van der Waals surface area (Å²) in [5.41, 5.74) is 5.87. The Hall–Kier alpha value is -1.55. The number of benzene rings is 1. The molecule has 1 rings (SSSR count). The molecule has 18 heavy (non-hydrogen) atoms. The predicted octanol–water partition coefficient (Wildman–Crippen LogP) is 1.79. The molecule has 0 aromatic heterocycles. The highest BCUT2D eigenvalue weighted by Gasteiger charge is 2.26. The van der Waals surface area contributed by atoms with Crippen LogP contribution in [0.15, 0.2) is 24.3 Å². The van der Waals surface area contributed by atoms with Gasteiger partial charge in [-0.15, -0.1) is 0 Å². The molecule has 0 aliphatic heterocycles. The zero-order valence-corrected chi connectivity index (χ0v) is 11.3. The van der Waals surface area contributed by atoms with Gasteiger partial charge >= 0.3 is 0 Å². The minimum absolute atomic E-state index is 0.263. The fourth-order valence-corrected chi connectivity index (χ4v) is 1.82. The van der Waals surface area contributed by atoms with Crippen LogP contribution in [0, 0.1) is 0 Å². The number of carbonyl (C=O) groups excluding carboxylic acids is 1. The highest BCUT2D eigenvalue weighted by Crippen LogP contribution is 2.26. The van der Waals surface area contributed by atoms with Crippen molar-refractivity contribution in [2.75, 3.05) is 13.7 Å². The Morgan fingerprint density at radius 1 is 1.39 bits per heavy atom. The number of primary amides is 1. The van der Waals surface area contributed by atoms with E-state index in [1.54, 1.807) is 0 Å². The number of nitrogens with two attached hydrogens (primary N) is 1. The molecule has 3 N–H and O–H groups in total. The van der Waals surface area contributed by atoms with Gasteiger partial charge in [-0.05, 0) is 38.1 Å². The number of nitrogens with one attached hydrogen (secondary N) is 1. The molecule has 4 heteroatoms. The molecule has 0 aliphatic carbocycles. The fourth-order valence-electron chi connectivity index (χ4n) is 1.82. The molecule has 1 aromatic carbocycles. The molecule has 1 unspecified atom stereocenters. The topological polar surface area (TPSA) is 64.3 Å². The van der Waals surface area contributed by atoms with Gasteiger partial charge in [0.15, 0.2) is 0 Å². The van der Waals surface area contributed by atoms with Crippen molar-refractivity contribution < 1.29 is 9.53 Å². The molecular formula is C14H22N2O2. The zero-order valence-electron chi connectivity index (χ0n) is 11.3. The summed E-state index contributed by atoms with van der Waals surface area (Å²) in [6, 6.07) is 7.76. The normalized spacial score (nSPS) is 13.9. The lowest BCUT2D eigenvalue weighted by atomic mass is 9.88. The van der Waals surface area contributed by atoms with Crippen LogP contribution in [-0.2, 0) is 10.3 Å². The van der Waals surface area contributed by atoms with Gasteiger partial charge in [-0.3, -0.25) is 4.79 Å². The van der Waals surface area contributed by atoms with Crippen LogP contribution in [0.25, 0.3) is 0 Å². The minimum Gasteiger partial charge on any atom is -0.494 e. The summed E-state index contributed by atoms with van der Waals surface area (Å²) in [4.78, 5) is 11.1. The summed E-state index contributed by atoms with van der Waals surface area (Å²) < 4.78 is 5.53. The summed E-state index contributed by atoms with van der Waals surface area (Å²) in [5.74, 6) is 0.524. The maximum atomic E-state index is 11.1. The van der Waals surface area contributed by atoms with Crippen LogP contribution >= 0.6 is 0 Å². The largest absolute Gasteiger partial charge is 0.494 e. The Balaban J connectivity index is 2.84. The van der Waals surface area contributed by atoms with Crippen molar-refractivity contribution in [2.45, 2.75) is 32.2 Å². The third kappa shape index (κ3) is 3.74. The molecule has 0 bridgehead atoms. The van der Waals surface area contributed by atoms with Gasteiger partial charge in [-0.1, -0.05) is 19.1 Å². The molecule has 0 saturated carbocycles. The van der Waals surface area contributed by atoms with E-state index in [-0.39, 0.29) is 12.3 Å². The van der Waals surface area contributed by atoms with E-state index < -0.39 is 5.54 Å². The van der Waals surface area contributed by atoms with Crippen LogP contribution in [0.3, 0.4) is 0 Å². The third-order valence-electron chi connectivity index (χ3n) is 3.04. The maximum Gasteiger partial charge on any atom is 0.219 e. The summed E-state index contributed by atoms with van der Waals surface area (Å²) in [6.07, 6.45) is 1.25. The van der Waals surface area contributed by atoms with E-state index in [2.05, 4.69) is 12.2 Å². The van der Waals surface area contributed by atoms with Gasteiger partial charge in [0.05, 0.1) is 6.61 Å². The third-order valence-corrected chi connectivity index (χ3v) is 3.04. The van der Waals surface area contributed by atoms with Gasteiger partial charge < -0.3 is 15.8 Å². The van der Waals surface area contributed by atoms with E-state index in [0.717, 1.165) is 17.7 Å². The molecule has 0 radical (unpaired) electrons. The lowest BCUT2D eigenvalue weighted by Crippen LogP contribution is -2.40. The monoisotopic (exact) mass is 250 g/mol. The smallest absolute Gasteiger partial charge is 0.219 e. The molecule has 0 fully saturated rings. The lowest BCUT2D eigenvalue weighted by Gasteiger charge is -2.28. The minimum atomic E-state index is -0.435. The number of hydrogen-bond acceptors (Lipinski definition) is 3. The molecule has 4 nitrogen and oxygen atoms in total. The standard InChI is InChI=1S/C14H22N2O2/c1-4-9-18-12-7-5-11(6-8-12)14(2,16-3)10-13(15)17/h5-8,16H,4,9-10H2,1-3H3,(H2,15,17). The van der Waals surface area contributed by atoms with Crippen LogP contribution < -0.4 is 15.8 Å². The molecule has 1 aromatic rings. The number of rotatable bonds is 7. The van der Waals surface area contributed by atoms with E-state index in [4.69, 9.17) is 10.5 Å². The average molecular weight is 250 g/mol. The first-order chi connectivity index (χ1) is 8.51. The average Bonchev–Trinajstić information content (AvgIpc) is 2.36. The van der Waals surface area contributed by atoms with Crippen molar-refractivity contribution in [2.24, 2.45) is 5.73 Å². The maximum absolute atomic E-state index is 11.1. The summed E-state index contributed by atoms with van der Waals surface area (Å²) in [6.45, 7) is 4.74. The van der Waals surface area contributed by atoms with E-state index >= 15 is 0 Å². The lowest BCUT2D eigenvalue weighted by molar-refractivity contribution is -0.119. The van der Waals surface area contributed by atoms with Crippen molar-refractivity contribution in [3.63, 3.8) is 0 Å². The number of hydrogen-bond donors (Lipinski definition) is 2. The predicted molar refractivity (Wildman–Crippen MR) is 72.5 cm³/mol. The quantitative estimate of drug-likeness (QED) is 0.775. The Morgan fingerprint density at radius 2 is 2.00 bits per heavy atom. The van der Waals surface area contributed by atoms with Crippen LogP contribution in [0.1, 0.15) is 32.3 Å². The molecule has 0 spiro atoms. The summed E-state index contributed by atoms with van der Waals surface area (Å²) >= 11 is 0. The highest BCUT2D eigenvalue weighted by molar-refractivity contribution is 5.75. The van der Waals surface area contributed by atoms with Crippen molar-refractivity contribution in [3.8, 4) is 5.75 Å². The van der Waals surface area contributed by atoms with Gasteiger partial charge in [0, 0.05) is 12.0 Å². The number of ether oxygens (including phenoxy) is 1. The second kappa shape index (κ2) is 6.40. The van der Waals surface area contributed by atoms with Crippen molar-refractivity contribution in [1.29, 1.82) is 0 Å².